The highest BCUT2D eigenvalue weighted by molar-refractivity contribution is 7.07. The van der Waals surface area contributed by atoms with Crippen molar-refractivity contribution >= 4 is 41.0 Å². The molecule has 12 heteroatoms. The van der Waals surface area contributed by atoms with Gasteiger partial charge >= 0.3 is 11.9 Å². The Hall–Kier alpha value is -5.26. The highest BCUT2D eigenvalue weighted by Gasteiger charge is 2.34. The number of allylic oxidation sites excluding steroid dienone is 1. The molecule has 3 aromatic carbocycles. The van der Waals surface area contributed by atoms with Crippen molar-refractivity contribution in [1.29, 1.82) is 0 Å². The first-order chi connectivity index (χ1) is 22.7. The molecule has 6 rings (SSSR count). The zero-order valence-corrected chi connectivity index (χ0v) is 27.5. The minimum Gasteiger partial charge on any atom is -0.493 e. The lowest BCUT2D eigenvalue weighted by Gasteiger charge is -2.25. The van der Waals surface area contributed by atoms with Gasteiger partial charge in [0.05, 0.1) is 41.2 Å². The number of rotatable bonds is 8. The van der Waals surface area contributed by atoms with Gasteiger partial charge < -0.3 is 14.2 Å². The van der Waals surface area contributed by atoms with E-state index < -0.39 is 18.0 Å². The van der Waals surface area contributed by atoms with Crippen molar-refractivity contribution in [3.63, 3.8) is 0 Å². The Morgan fingerprint density at radius 2 is 1.79 bits per heavy atom. The Bertz CT molecular complexity index is 2220. The average Bonchev–Trinajstić information content (AvgIpc) is 3.61. The van der Waals surface area contributed by atoms with Crippen LogP contribution in [0, 0.1) is 0 Å². The zero-order chi connectivity index (χ0) is 33.2. The number of halogens is 1. The molecule has 1 unspecified atom stereocenters. The highest BCUT2D eigenvalue weighted by Crippen LogP contribution is 2.36. The fourth-order valence-electron chi connectivity index (χ4n) is 5.38. The number of aromatic nitrogens is 3. The first-order valence-corrected chi connectivity index (χ1v) is 15.8. The zero-order valence-electron chi connectivity index (χ0n) is 25.9. The summed E-state index contributed by atoms with van der Waals surface area (Å²) in [5.74, 6) is -0.635. The van der Waals surface area contributed by atoms with Crippen molar-refractivity contribution in [2.75, 3.05) is 13.7 Å². The summed E-state index contributed by atoms with van der Waals surface area (Å²) in [5, 5.41) is 5.46. The van der Waals surface area contributed by atoms with Crippen LogP contribution in [0.1, 0.15) is 37.9 Å². The Labute approximate surface area is 278 Å². The number of carbonyl (C=O) groups is 2. The van der Waals surface area contributed by atoms with Crippen molar-refractivity contribution < 1.29 is 23.8 Å². The van der Waals surface area contributed by atoms with E-state index in [1.165, 1.54) is 29.9 Å². The second-order valence-corrected chi connectivity index (χ2v) is 12.0. The molecule has 0 saturated heterocycles. The maximum absolute atomic E-state index is 14.3. The normalized spacial score (nSPS) is 14.4. The van der Waals surface area contributed by atoms with Gasteiger partial charge in [-0.05, 0) is 61.9 Å². The van der Waals surface area contributed by atoms with E-state index in [0.717, 1.165) is 11.3 Å². The molecule has 0 amide bonds. The lowest BCUT2D eigenvalue weighted by molar-refractivity contribution is -0.139. The molecule has 5 aromatic rings. The third-order valence-corrected chi connectivity index (χ3v) is 8.68. The van der Waals surface area contributed by atoms with Crippen molar-refractivity contribution in [2.24, 2.45) is 4.99 Å². The average molecular weight is 669 g/mol. The first kappa shape index (κ1) is 31.7. The number of nitrogens with zero attached hydrogens (tertiary/aromatic N) is 4. The smallest absolute Gasteiger partial charge is 0.338 e. The monoisotopic (exact) mass is 668 g/mol. The predicted molar refractivity (Wildman–Crippen MR) is 179 cm³/mol. The maximum Gasteiger partial charge on any atom is 0.338 e. The van der Waals surface area contributed by atoms with Gasteiger partial charge in [0.25, 0.3) is 5.56 Å². The lowest BCUT2D eigenvalue weighted by Crippen LogP contribution is -2.40. The summed E-state index contributed by atoms with van der Waals surface area (Å²) in [5.41, 5.74) is 3.85. The van der Waals surface area contributed by atoms with Crippen LogP contribution >= 0.6 is 22.9 Å². The van der Waals surface area contributed by atoms with Crippen LogP contribution in [0.25, 0.3) is 23.0 Å². The number of esters is 2. The summed E-state index contributed by atoms with van der Waals surface area (Å²) in [6.07, 6.45) is 3.65. The van der Waals surface area contributed by atoms with Gasteiger partial charge in [0, 0.05) is 29.3 Å². The minimum absolute atomic E-state index is 0.139. The van der Waals surface area contributed by atoms with Crippen molar-refractivity contribution in [1.82, 2.24) is 14.3 Å². The van der Waals surface area contributed by atoms with E-state index in [1.807, 2.05) is 48.7 Å². The Balaban J connectivity index is 1.56. The summed E-state index contributed by atoms with van der Waals surface area (Å²) in [6.45, 7) is 4.85. The van der Waals surface area contributed by atoms with Crippen molar-refractivity contribution in [3.8, 4) is 28.4 Å². The molecule has 0 radical (unpaired) electrons. The third-order valence-electron chi connectivity index (χ3n) is 7.44. The van der Waals surface area contributed by atoms with E-state index in [-0.39, 0.29) is 29.2 Å². The van der Waals surface area contributed by atoms with Gasteiger partial charge in [-0.3, -0.25) is 14.2 Å². The quantitative estimate of drug-likeness (QED) is 0.164. The van der Waals surface area contributed by atoms with Gasteiger partial charge in [-0.2, -0.15) is 5.10 Å². The van der Waals surface area contributed by atoms with Crippen LogP contribution in [0.15, 0.2) is 100 Å². The summed E-state index contributed by atoms with van der Waals surface area (Å²) >= 11 is 7.38. The summed E-state index contributed by atoms with van der Waals surface area (Å²) in [4.78, 5) is 44.5. The van der Waals surface area contributed by atoms with Crippen LogP contribution < -0.4 is 24.4 Å². The van der Waals surface area contributed by atoms with Crippen molar-refractivity contribution in [2.45, 2.75) is 26.8 Å². The Morgan fingerprint density at radius 1 is 1.04 bits per heavy atom. The van der Waals surface area contributed by atoms with E-state index >= 15 is 0 Å². The fourth-order valence-corrected chi connectivity index (χ4v) is 6.54. The molecule has 47 heavy (non-hydrogen) atoms. The van der Waals surface area contributed by atoms with Crippen molar-refractivity contribution in [3.05, 3.63) is 126 Å². The number of hydrogen-bond donors (Lipinski definition) is 0. The molecular formula is C35H29ClN4O6S. The van der Waals surface area contributed by atoms with Gasteiger partial charge in [0.1, 0.15) is 5.69 Å². The molecule has 1 aliphatic heterocycles. The summed E-state index contributed by atoms with van der Waals surface area (Å²) in [7, 11) is 1.44. The predicted octanol–water partition coefficient (Wildman–Crippen LogP) is 5.24. The largest absolute Gasteiger partial charge is 0.493 e. The van der Waals surface area contributed by atoms with Gasteiger partial charge in [0.15, 0.2) is 16.3 Å². The van der Waals surface area contributed by atoms with Gasteiger partial charge in [-0.1, -0.05) is 59.3 Å². The van der Waals surface area contributed by atoms with E-state index in [1.54, 1.807) is 54.9 Å². The number of para-hydroxylation sites is 1. The van der Waals surface area contributed by atoms with Crippen LogP contribution in [0.5, 0.6) is 11.5 Å². The molecular weight excluding hydrogens is 640 g/mol. The molecule has 0 aliphatic carbocycles. The molecule has 1 aliphatic rings. The SMILES string of the molecule is CCOC(=O)C1=C(C)N=c2sc(=Cc3cn(-c4ccccc4)nc3-c3ccc(Cl)cc3)c(=O)n2C1c1ccc(OC(C)=O)c(OC)c1. The molecule has 0 bridgehead atoms. The van der Waals surface area contributed by atoms with Gasteiger partial charge in [0.2, 0.25) is 0 Å². The number of thiazole rings is 1. The number of ether oxygens (including phenoxy) is 3. The molecule has 0 saturated carbocycles. The summed E-state index contributed by atoms with van der Waals surface area (Å²) < 4.78 is 19.8. The van der Waals surface area contributed by atoms with E-state index in [4.69, 9.17) is 30.9 Å². The molecule has 3 heterocycles. The second kappa shape index (κ2) is 13.2. The fraction of sp³-hybridized carbons (Fsp3) is 0.171. The number of hydrogen-bond acceptors (Lipinski definition) is 9. The van der Waals surface area contributed by atoms with E-state index in [9.17, 15) is 14.4 Å². The number of carbonyl (C=O) groups excluding carboxylic acids is 2. The molecule has 0 N–H and O–H groups in total. The molecule has 0 fully saturated rings. The molecule has 10 nitrogen and oxygen atoms in total. The number of methoxy groups -OCH3 is 1. The second-order valence-electron chi connectivity index (χ2n) is 10.5. The van der Waals surface area contributed by atoms with E-state index in [2.05, 4.69) is 4.99 Å². The van der Waals surface area contributed by atoms with Crippen LogP contribution in [0.4, 0.5) is 0 Å². The van der Waals surface area contributed by atoms with Crippen LogP contribution in [-0.2, 0) is 14.3 Å². The van der Waals surface area contributed by atoms with E-state index in [0.29, 0.717) is 36.9 Å². The van der Waals surface area contributed by atoms with Crippen LogP contribution in [0.3, 0.4) is 0 Å². The summed E-state index contributed by atoms with van der Waals surface area (Å²) in [6, 6.07) is 21.0. The molecule has 238 valence electrons. The van der Waals surface area contributed by atoms with Gasteiger partial charge in [-0.15, -0.1) is 0 Å². The van der Waals surface area contributed by atoms with Gasteiger partial charge in [-0.25, -0.2) is 14.5 Å². The molecule has 0 spiro atoms. The Morgan fingerprint density at radius 3 is 2.47 bits per heavy atom. The maximum atomic E-state index is 14.3. The number of fused-ring (bicyclic) bond motifs is 1. The first-order valence-electron chi connectivity index (χ1n) is 14.7. The topological polar surface area (TPSA) is 114 Å². The minimum atomic E-state index is -0.893. The lowest BCUT2D eigenvalue weighted by atomic mass is 9.95. The third kappa shape index (κ3) is 6.27. The Kier molecular flexibility index (Phi) is 8.93. The highest BCUT2D eigenvalue weighted by atomic mass is 35.5. The number of benzene rings is 3. The standard InChI is InChI=1S/C35H29ClN4O6S/c1-5-45-34(43)30-20(2)37-35-40(32(30)23-13-16-27(46-21(3)41)28(17-23)44-4)33(42)29(47-35)18-24-19-39(26-9-7-6-8-10-26)38-31(24)22-11-14-25(36)15-12-22/h6-19,32H,5H2,1-4H3. The molecule has 1 atom stereocenters. The molecule has 2 aromatic heterocycles. The van der Waals surface area contributed by atoms with Crippen LogP contribution in [-0.4, -0.2) is 40.0 Å². The van der Waals surface area contributed by atoms with Crippen LogP contribution in [0.2, 0.25) is 5.02 Å².